The molecule has 1 saturated heterocycles. The fourth-order valence-corrected chi connectivity index (χ4v) is 1.71. The summed E-state index contributed by atoms with van der Waals surface area (Å²) in [4.78, 5) is 11.6. The van der Waals surface area contributed by atoms with E-state index in [1.165, 1.54) is 0 Å². The van der Waals surface area contributed by atoms with Crippen molar-refractivity contribution in [3.05, 3.63) is 0 Å². The molecule has 0 aliphatic carbocycles. The normalized spacial score (nSPS) is 29.3. The zero-order chi connectivity index (χ0) is 12.0. The van der Waals surface area contributed by atoms with Crippen LogP contribution in [0.25, 0.3) is 0 Å². The lowest BCUT2D eigenvalue weighted by Gasteiger charge is -2.16. The highest BCUT2D eigenvalue weighted by Gasteiger charge is 2.41. The van der Waals surface area contributed by atoms with Gasteiger partial charge in [0, 0.05) is 19.6 Å². The van der Waals surface area contributed by atoms with Gasteiger partial charge in [-0.15, -0.1) is 0 Å². The van der Waals surface area contributed by atoms with E-state index in [1.54, 1.807) is 6.92 Å². The van der Waals surface area contributed by atoms with Crippen LogP contribution in [-0.2, 0) is 23.7 Å². The second kappa shape index (κ2) is 6.83. The van der Waals surface area contributed by atoms with Gasteiger partial charge in [-0.3, -0.25) is 0 Å². The van der Waals surface area contributed by atoms with Gasteiger partial charge in [0.15, 0.2) is 12.4 Å². The third-order valence-electron chi connectivity index (χ3n) is 2.31. The highest BCUT2D eigenvalue weighted by molar-refractivity contribution is 5.75. The van der Waals surface area contributed by atoms with Crippen molar-refractivity contribution in [1.82, 2.24) is 0 Å². The molecule has 1 aliphatic rings. The van der Waals surface area contributed by atoms with Crippen molar-refractivity contribution in [3.8, 4) is 0 Å². The molecule has 0 spiro atoms. The summed E-state index contributed by atoms with van der Waals surface area (Å²) >= 11 is 0. The molecule has 1 heterocycles. The first kappa shape index (κ1) is 13.4. The van der Waals surface area contributed by atoms with Crippen molar-refractivity contribution in [2.24, 2.45) is 0 Å². The van der Waals surface area contributed by atoms with Crippen molar-refractivity contribution in [3.63, 3.8) is 0 Å². The monoisotopic (exact) mass is 232 g/mol. The van der Waals surface area contributed by atoms with Crippen LogP contribution >= 0.6 is 0 Å². The van der Waals surface area contributed by atoms with Gasteiger partial charge in [0.1, 0.15) is 0 Å². The molecule has 5 heteroatoms. The smallest absolute Gasteiger partial charge is 0.338 e. The molecule has 3 unspecified atom stereocenters. The van der Waals surface area contributed by atoms with E-state index in [9.17, 15) is 4.79 Å². The Balaban J connectivity index is 2.54. The summed E-state index contributed by atoms with van der Waals surface area (Å²) in [6.45, 7) is 6.98. The minimum atomic E-state index is -0.656. The Morgan fingerprint density at radius 3 is 2.44 bits per heavy atom. The first-order chi connectivity index (χ1) is 7.72. The van der Waals surface area contributed by atoms with Gasteiger partial charge >= 0.3 is 5.97 Å². The van der Waals surface area contributed by atoms with Gasteiger partial charge in [0.2, 0.25) is 0 Å². The Morgan fingerprint density at radius 1 is 1.19 bits per heavy atom. The van der Waals surface area contributed by atoms with E-state index in [1.807, 2.05) is 13.8 Å². The van der Waals surface area contributed by atoms with Gasteiger partial charge in [-0.1, -0.05) is 0 Å². The van der Waals surface area contributed by atoms with Gasteiger partial charge in [0.05, 0.1) is 12.7 Å². The minimum Gasteiger partial charge on any atom is -0.464 e. The topological polar surface area (TPSA) is 54.0 Å². The van der Waals surface area contributed by atoms with Crippen LogP contribution in [0.4, 0.5) is 0 Å². The molecule has 0 N–H and O–H groups in total. The van der Waals surface area contributed by atoms with Crippen LogP contribution in [0.5, 0.6) is 0 Å². The maximum Gasteiger partial charge on any atom is 0.338 e. The van der Waals surface area contributed by atoms with E-state index >= 15 is 0 Å². The third kappa shape index (κ3) is 3.43. The molecule has 94 valence electrons. The van der Waals surface area contributed by atoms with Crippen LogP contribution in [0.15, 0.2) is 0 Å². The summed E-state index contributed by atoms with van der Waals surface area (Å²) in [5.41, 5.74) is 0. The maximum atomic E-state index is 11.6. The molecule has 0 aromatic heterocycles. The Kier molecular flexibility index (Phi) is 5.73. The summed E-state index contributed by atoms with van der Waals surface area (Å²) in [5.74, 6) is -0.372. The third-order valence-corrected chi connectivity index (χ3v) is 2.31. The van der Waals surface area contributed by atoms with E-state index in [0.29, 0.717) is 26.2 Å². The van der Waals surface area contributed by atoms with Crippen molar-refractivity contribution in [2.75, 3.05) is 19.8 Å². The van der Waals surface area contributed by atoms with E-state index in [2.05, 4.69) is 0 Å². The lowest BCUT2D eigenvalue weighted by Crippen LogP contribution is -2.34. The standard InChI is InChI=1S/C11H20O5/c1-4-13-8-7-9(14-5-2)16-10(8)11(12)15-6-3/h8-10H,4-7H2,1-3H3. The zero-order valence-electron chi connectivity index (χ0n) is 10.1. The Morgan fingerprint density at radius 2 is 1.88 bits per heavy atom. The highest BCUT2D eigenvalue weighted by atomic mass is 16.7. The summed E-state index contributed by atoms with van der Waals surface area (Å²) in [6, 6.07) is 0. The molecule has 5 nitrogen and oxygen atoms in total. The molecule has 0 aromatic carbocycles. The van der Waals surface area contributed by atoms with Crippen molar-refractivity contribution < 1.29 is 23.7 Å². The predicted octanol–water partition coefficient (Wildman–Crippen LogP) is 1.11. The van der Waals surface area contributed by atoms with Crippen molar-refractivity contribution in [1.29, 1.82) is 0 Å². The second-order valence-corrected chi connectivity index (χ2v) is 3.42. The fourth-order valence-electron chi connectivity index (χ4n) is 1.71. The minimum absolute atomic E-state index is 0.263. The molecule has 0 amide bonds. The van der Waals surface area contributed by atoms with Crippen LogP contribution < -0.4 is 0 Å². The molecule has 0 radical (unpaired) electrons. The summed E-state index contributed by atoms with van der Waals surface area (Å²) in [7, 11) is 0. The van der Waals surface area contributed by atoms with Gasteiger partial charge < -0.3 is 18.9 Å². The molecule has 0 saturated carbocycles. The van der Waals surface area contributed by atoms with Gasteiger partial charge in [0.25, 0.3) is 0 Å². The lowest BCUT2D eigenvalue weighted by molar-refractivity contribution is -0.176. The summed E-state index contributed by atoms with van der Waals surface area (Å²) < 4.78 is 21.2. The summed E-state index contributed by atoms with van der Waals surface area (Å²) in [5, 5.41) is 0. The first-order valence-corrected chi connectivity index (χ1v) is 5.78. The van der Waals surface area contributed by atoms with Gasteiger partial charge in [-0.2, -0.15) is 0 Å². The van der Waals surface area contributed by atoms with E-state index in [4.69, 9.17) is 18.9 Å². The molecule has 3 atom stereocenters. The molecular formula is C11H20O5. The van der Waals surface area contributed by atoms with Crippen LogP contribution in [0.3, 0.4) is 0 Å². The van der Waals surface area contributed by atoms with Gasteiger partial charge in [-0.25, -0.2) is 4.79 Å². The second-order valence-electron chi connectivity index (χ2n) is 3.42. The zero-order valence-corrected chi connectivity index (χ0v) is 10.1. The number of carbonyl (C=O) groups is 1. The van der Waals surface area contributed by atoms with Crippen LogP contribution in [-0.4, -0.2) is 44.3 Å². The van der Waals surface area contributed by atoms with Gasteiger partial charge in [-0.05, 0) is 20.8 Å². The molecule has 1 fully saturated rings. The molecule has 1 aliphatic heterocycles. The van der Waals surface area contributed by atoms with Crippen LogP contribution in [0.1, 0.15) is 27.2 Å². The first-order valence-electron chi connectivity index (χ1n) is 5.78. The van der Waals surface area contributed by atoms with E-state index in [-0.39, 0.29) is 18.4 Å². The number of ether oxygens (including phenoxy) is 4. The predicted molar refractivity (Wildman–Crippen MR) is 57.0 cm³/mol. The quantitative estimate of drug-likeness (QED) is 0.642. The fraction of sp³-hybridized carbons (Fsp3) is 0.909. The summed E-state index contributed by atoms with van der Waals surface area (Å²) in [6.07, 6.45) is -0.710. The Bertz CT molecular complexity index is 218. The number of carbonyl (C=O) groups excluding carboxylic acids is 1. The van der Waals surface area contributed by atoms with Crippen molar-refractivity contribution in [2.45, 2.75) is 45.7 Å². The Hall–Kier alpha value is -0.650. The molecule has 16 heavy (non-hydrogen) atoms. The average molecular weight is 232 g/mol. The highest BCUT2D eigenvalue weighted by Crippen LogP contribution is 2.25. The van der Waals surface area contributed by atoms with Crippen LogP contribution in [0.2, 0.25) is 0 Å². The lowest BCUT2D eigenvalue weighted by atomic mass is 10.2. The maximum absolute atomic E-state index is 11.6. The molecule has 0 bridgehead atoms. The number of rotatable bonds is 6. The number of esters is 1. The SMILES string of the molecule is CCOC(=O)C1OC(OCC)CC1OCC. The largest absolute Gasteiger partial charge is 0.464 e. The molecule has 1 rings (SSSR count). The van der Waals surface area contributed by atoms with Crippen LogP contribution in [0, 0.1) is 0 Å². The number of hydrogen-bond acceptors (Lipinski definition) is 5. The van der Waals surface area contributed by atoms with E-state index < -0.39 is 6.10 Å². The van der Waals surface area contributed by atoms with E-state index in [0.717, 1.165) is 0 Å². The molecule has 0 aromatic rings. The average Bonchev–Trinajstić information content (AvgIpc) is 2.63. The Labute approximate surface area is 96.0 Å². The molecular weight excluding hydrogens is 212 g/mol. The number of hydrogen-bond donors (Lipinski definition) is 0. The van der Waals surface area contributed by atoms with Crippen molar-refractivity contribution >= 4 is 5.97 Å².